The third kappa shape index (κ3) is 6.03. The van der Waals surface area contributed by atoms with Gasteiger partial charge in [-0.1, -0.05) is 6.07 Å². The van der Waals surface area contributed by atoms with Gasteiger partial charge in [-0.25, -0.2) is 14.8 Å². The average molecular weight is 410 g/mol. The first-order chi connectivity index (χ1) is 14.2. The van der Waals surface area contributed by atoms with E-state index < -0.39 is 17.6 Å². The zero-order valence-corrected chi connectivity index (χ0v) is 16.8. The molecule has 3 N–H and O–H groups in total. The number of hydrogen-bond donors (Lipinski definition) is 2. The van der Waals surface area contributed by atoms with E-state index in [0.29, 0.717) is 28.7 Å². The van der Waals surface area contributed by atoms with Gasteiger partial charge in [-0.05, 0) is 39.0 Å². The van der Waals surface area contributed by atoms with E-state index in [1.54, 1.807) is 63.4 Å². The second kappa shape index (κ2) is 8.60. The molecule has 0 saturated carbocycles. The van der Waals surface area contributed by atoms with Crippen LogP contribution in [-0.2, 0) is 16.1 Å². The Labute approximate surface area is 173 Å². The van der Waals surface area contributed by atoms with Crippen LogP contribution in [0.15, 0.2) is 48.9 Å². The van der Waals surface area contributed by atoms with Crippen LogP contribution in [0.1, 0.15) is 20.8 Å². The number of anilines is 1. The van der Waals surface area contributed by atoms with Crippen molar-refractivity contribution in [3.8, 4) is 23.0 Å². The van der Waals surface area contributed by atoms with Crippen molar-refractivity contribution in [2.75, 3.05) is 5.32 Å². The van der Waals surface area contributed by atoms with Crippen molar-refractivity contribution in [3.05, 3.63) is 48.9 Å². The summed E-state index contributed by atoms with van der Waals surface area (Å²) in [5.74, 6) is 0.266. The van der Waals surface area contributed by atoms with Gasteiger partial charge in [-0.3, -0.25) is 14.8 Å². The molecule has 2 amide bonds. The summed E-state index contributed by atoms with van der Waals surface area (Å²) >= 11 is 0. The van der Waals surface area contributed by atoms with Gasteiger partial charge in [0.15, 0.2) is 0 Å². The van der Waals surface area contributed by atoms with Crippen LogP contribution >= 0.6 is 0 Å². The van der Waals surface area contributed by atoms with Crippen molar-refractivity contribution in [2.24, 2.45) is 5.73 Å². The monoisotopic (exact) mass is 410 g/mol. The van der Waals surface area contributed by atoms with Crippen LogP contribution in [0.4, 0.5) is 10.5 Å². The molecule has 30 heavy (non-hydrogen) atoms. The zero-order chi connectivity index (χ0) is 21.7. The summed E-state index contributed by atoms with van der Waals surface area (Å²) in [4.78, 5) is 31.2. The van der Waals surface area contributed by atoms with Crippen molar-refractivity contribution in [2.45, 2.75) is 32.9 Å². The highest BCUT2D eigenvalue weighted by Gasteiger charge is 2.16. The highest BCUT2D eigenvalue weighted by molar-refractivity contribution is 5.85. The zero-order valence-electron chi connectivity index (χ0n) is 16.8. The first-order valence-corrected chi connectivity index (χ1v) is 9.10. The van der Waals surface area contributed by atoms with Gasteiger partial charge in [0.2, 0.25) is 11.8 Å². The molecule has 10 heteroatoms. The van der Waals surface area contributed by atoms with E-state index >= 15 is 0 Å². The van der Waals surface area contributed by atoms with Gasteiger partial charge in [0.1, 0.15) is 29.9 Å². The smallest absolute Gasteiger partial charge is 0.412 e. The highest BCUT2D eigenvalue weighted by Crippen LogP contribution is 2.25. The van der Waals surface area contributed by atoms with Gasteiger partial charge in [-0.15, -0.1) is 0 Å². The minimum atomic E-state index is -0.597. The van der Waals surface area contributed by atoms with Gasteiger partial charge in [0.05, 0.1) is 5.69 Å². The first-order valence-electron chi connectivity index (χ1n) is 9.10. The Balaban J connectivity index is 1.71. The van der Waals surface area contributed by atoms with Crippen LogP contribution in [0.3, 0.4) is 0 Å². The summed E-state index contributed by atoms with van der Waals surface area (Å²) in [6, 6.07) is 10.1. The van der Waals surface area contributed by atoms with Gasteiger partial charge in [-0.2, -0.15) is 5.10 Å². The fourth-order valence-electron chi connectivity index (χ4n) is 2.46. The van der Waals surface area contributed by atoms with Crippen molar-refractivity contribution >= 4 is 17.7 Å². The third-order valence-electron chi connectivity index (χ3n) is 3.56. The number of carbonyl (C=O) groups is 2. The molecular formula is C20H22N6O4. The number of amides is 2. The second-order valence-corrected chi connectivity index (χ2v) is 7.36. The van der Waals surface area contributed by atoms with E-state index in [9.17, 15) is 9.59 Å². The molecule has 156 valence electrons. The molecule has 0 unspecified atom stereocenters. The lowest BCUT2D eigenvalue weighted by molar-refractivity contribution is -0.118. The van der Waals surface area contributed by atoms with Crippen LogP contribution in [0.2, 0.25) is 0 Å². The predicted octanol–water partition coefficient (Wildman–Crippen LogP) is 2.96. The molecule has 0 radical (unpaired) electrons. The van der Waals surface area contributed by atoms with E-state index in [-0.39, 0.29) is 6.54 Å². The summed E-state index contributed by atoms with van der Waals surface area (Å²) in [7, 11) is 0. The second-order valence-electron chi connectivity index (χ2n) is 7.36. The van der Waals surface area contributed by atoms with Crippen LogP contribution in [0.5, 0.6) is 11.6 Å². The SMILES string of the molecule is CC(C)(C)OC(=O)Nc1cccc(Oc2cc(-c3ccn(CC(N)=O)n3)ncn2)c1. The Morgan fingerprint density at radius 3 is 2.67 bits per heavy atom. The summed E-state index contributed by atoms with van der Waals surface area (Å²) in [5.41, 5.74) is 6.16. The summed E-state index contributed by atoms with van der Waals surface area (Å²) < 4.78 is 12.4. The Morgan fingerprint density at radius 2 is 1.93 bits per heavy atom. The lowest BCUT2D eigenvalue weighted by atomic mass is 10.2. The Morgan fingerprint density at radius 1 is 1.13 bits per heavy atom. The number of aromatic nitrogens is 4. The van der Waals surface area contributed by atoms with E-state index in [2.05, 4.69) is 20.4 Å². The maximum atomic E-state index is 11.9. The van der Waals surface area contributed by atoms with Crippen molar-refractivity contribution in [3.63, 3.8) is 0 Å². The lowest BCUT2D eigenvalue weighted by Crippen LogP contribution is -2.27. The van der Waals surface area contributed by atoms with Gasteiger partial charge < -0.3 is 15.2 Å². The molecule has 2 heterocycles. The largest absolute Gasteiger partial charge is 0.444 e. The number of benzene rings is 1. The first kappa shape index (κ1) is 20.8. The number of rotatable bonds is 6. The van der Waals surface area contributed by atoms with Gasteiger partial charge in [0.25, 0.3) is 0 Å². The normalized spacial score (nSPS) is 11.0. The molecule has 0 aliphatic carbocycles. The molecule has 3 rings (SSSR count). The predicted molar refractivity (Wildman–Crippen MR) is 109 cm³/mol. The summed E-state index contributed by atoms with van der Waals surface area (Å²) in [6.45, 7) is 5.34. The van der Waals surface area contributed by atoms with Crippen LogP contribution in [-0.4, -0.2) is 37.3 Å². The molecular weight excluding hydrogens is 388 g/mol. The fourth-order valence-corrected chi connectivity index (χ4v) is 2.46. The highest BCUT2D eigenvalue weighted by atomic mass is 16.6. The molecule has 0 atom stereocenters. The van der Waals surface area contributed by atoms with E-state index in [1.807, 2.05) is 0 Å². The number of nitrogens with zero attached hydrogens (tertiary/aromatic N) is 4. The van der Waals surface area contributed by atoms with Crippen LogP contribution in [0, 0.1) is 0 Å². The number of ether oxygens (including phenoxy) is 2. The summed E-state index contributed by atoms with van der Waals surface area (Å²) in [6.07, 6.45) is 2.42. The maximum Gasteiger partial charge on any atom is 0.412 e. The quantitative estimate of drug-likeness (QED) is 0.638. The van der Waals surface area contributed by atoms with Gasteiger partial charge in [0, 0.05) is 24.0 Å². The van der Waals surface area contributed by atoms with Crippen molar-refractivity contribution in [1.29, 1.82) is 0 Å². The van der Waals surface area contributed by atoms with E-state index in [1.165, 1.54) is 11.0 Å². The molecule has 1 aromatic carbocycles. The molecule has 0 aliphatic heterocycles. The summed E-state index contributed by atoms with van der Waals surface area (Å²) in [5, 5.41) is 6.91. The van der Waals surface area contributed by atoms with Crippen molar-refractivity contribution in [1.82, 2.24) is 19.7 Å². The third-order valence-corrected chi connectivity index (χ3v) is 3.56. The van der Waals surface area contributed by atoms with Crippen LogP contribution < -0.4 is 15.8 Å². The Bertz CT molecular complexity index is 1060. The Kier molecular flexibility index (Phi) is 5.95. The molecule has 10 nitrogen and oxygen atoms in total. The maximum absolute atomic E-state index is 11.9. The lowest BCUT2D eigenvalue weighted by Gasteiger charge is -2.19. The molecule has 0 fully saturated rings. The van der Waals surface area contributed by atoms with Crippen LogP contribution in [0.25, 0.3) is 11.4 Å². The van der Waals surface area contributed by atoms with E-state index in [0.717, 1.165) is 0 Å². The van der Waals surface area contributed by atoms with Crippen molar-refractivity contribution < 1.29 is 19.1 Å². The minimum absolute atomic E-state index is 0.0219. The number of nitrogens with one attached hydrogen (secondary N) is 1. The standard InChI is InChI=1S/C20H22N6O4/c1-20(2,3)30-19(28)24-13-5-4-6-14(9-13)29-18-10-16(22-12-23-18)15-7-8-26(25-15)11-17(21)27/h4-10,12H,11H2,1-3H3,(H2,21,27)(H,24,28). The Hall–Kier alpha value is -3.95. The molecule has 3 aromatic rings. The molecule has 0 spiro atoms. The minimum Gasteiger partial charge on any atom is -0.444 e. The number of primary amides is 1. The number of nitrogens with two attached hydrogens (primary N) is 1. The number of hydrogen-bond acceptors (Lipinski definition) is 7. The fraction of sp³-hybridized carbons (Fsp3) is 0.250. The van der Waals surface area contributed by atoms with Gasteiger partial charge >= 0.3 is 6.09 Å². The molecule has 0 saturated heterocycles. The number of carbonyl (C=O) groups excluding carboxylic acids is 2. The molecule has 2 aromatic heterocycles. The topological polar surface area (TPSA) is 134 Å². The molecule has 0 bridgehead atoms. The average Bonchev–Trinajstić information content (AvgIpc) is 3.08. The molecule has 0 aliphatic rings. The van der Waals surface area contributed by atoms with E-state index in [4.69, 9.17) is 15.2 Å².